The van der Waals surface area contributed by atoms with Crippen LogP contribution in [0.2, 0.25) is 0 Å². The SMILES string of the molecule is C=N/C(Cl)=C(\C=C(/CC)CC(C)(C(=O)OCC)C(C)C)OC. The van der Waals surface area contributed by atoms with E-state index in [9.17, 15) is 4.79 Å². The van der Waals surface area contributed by atoms with Crippen LogP contribution in [-0.2, 0) is 14.3 Å². The lowest BCUT2D eigenvalue weighted by Crippen LogP contribution is -2.35. The van der Waals surface area contributed by atoms with Gasteiger partial charge in [-0.15, -0.1) is 0 Å². The smallest absolute Gasteiger partial charge is 0.312 e. The van der Waals surface area contributed by atoms with Gasteiger partial charge in [0, 0.05) is 0 Å². The molecule has 22 heavy (non-hydrogen) atoms. The molecule has 126 valence electrons. The number of methoxy groups -OCH3 is 1. The number of aliphatic imine (C=N–C) groups is 1. The number of hydrogen-bond donors (Lipinski definition) is 0. The summed E-state index contributed by atoms with van der Waals surface area (Å²) in [5.74, 6) is 0.410. The van der Waals surface area contributed by atoms with Crippen molar-refractivity contribution in [2.45, 2.75) is 47.5 Å². The zero-order valence-electron chi connectivity index (χ0n) is 14.5. The first-order valence-electron chi connectivity index (χ1n) is 7.53. The minimum absolute atomic E-state index is 0.143. The highest BCUT2D eigenvalue weighted by molar-refractivity contribution is 6.30. The van der Waals surface area contributed by atoms with E-state index >= 15 is 0 Å². The van der Waals surface area contributed by atoms with Crippen LogP contribution in [-0.4, -0.2) is 26.4 Å². The molecule has 5 heteroatoms. The zero-order chi connectivity index (χ0) is 17.3. The Labute approximate surface area is 139 Å². The molecule has 0 saturated heterocycles. The second-order valence-corrected chi connectivity index (χ2v) is 6.00. The number of rotatable bonds is 9. The largest absolute Gasteiger partial charge is 0.494 e. The van der Waals surface area contributed by atoms with Crippen LogP contribution in [0, 0.1) is 11.3 Å². The Morgan fingerprint density at radius 2 is 2.00 bits per heavy atom. The molecule has 0 bridgehead atoms. The van der Waals surface area contributed by atoms with E-state index in [1.807, 2.05) is 40.7 Å². The van der Waals surface area contributed by atoms with Gasteiger partial charge in [-0.2, -0.15) is 0 Å². The van der Waals surface area contributed by atoms with Gasteiger partial charge in [-0.3, -0.25) is 4.79 Å². The Morgan fingerprint density at radius 3 is 2.36 bits per heavy atom. The number of nitrogens with zero attached hydrogens (tertiary/aromatic N) is 1. The summed E-state index contributed by atoms with van der Waals surface area (Å²) in [7, 11) is 1.53. The van der Waals surface area contributed by atoms with Crippen molar-refractivity contribution in [3.63, 3.8) is 0 Å². The van der Waals surface area contributed by atoms with Crippen LogP contribution in [0.1, 0.15) is 47.5 Å². The van der Waals surface area contributed by atoms with Gasteiger partial charge in [0.15, 0.2) is 10.9 Å². The monoisotopic (exact) mass is 329 g/mol. The molecular formula is C17H28ClNO3. The minimum Gasteiger partial charge on any atom is -0.494 e. The topological polar surface area (TPSA) is 47.9 Å². The highest BCUT2D eigenvalue weighted by Crippen LogP contribution is 2.37. The third-order valence-electron chi connectivity index (χ3n) is 3.96. The lowest BCUT2D eigenvalue weighted by Gasteiger charge is -2.32. The summed E-state index contributed by atoms with van der Waals surface area (Å²) < 4.78 is 10.5. The van der Waals surface area contributed by atoms with E-state index in [0.29, 0.717) is 18.8 Å². The molecule has 0 saturated carbocycles. The maximum Gasteiger partial charge on any atom is 0.312 e. The van der Waals surface area contributed by atoms with Gasteiger partial charge in [0.05, 0.1) is 19.1 Å². The highest BCUT2D eigenvalue weighted by atomic mass is 35.5. The number of halogens is 1. The van der Waals surface area contributed by atoms with E-state index < -0.39 is 5.41 Å². The van der Waals surface area contributed by atoms with E-state index in [1.165, 1.54) is 7.11 Å². The third-order valence-corrected chi connectivity index (χ3v) is 4.27. The second kappa shape index (κ2) is 9.67. The molecule has 0 aliphatic heterocycles. The van der Waals surface area contributed by atoms with Crippen molar-refractivity contribution in [3.05, 3.63) is 22.6 Å². The molecule has 0 aliphatic rings. The Balaban J connectivity index is 5.58. The fourth-order valence-corrected chi connectivity index (χ4v) is 2.16. The summed E-state index contributed by atoms with van der Waals surface area (Å²) in [5.41, 5.74) is 0.452. The quantitative estimate of drug-likeness (QED) is 0.203. The van der Waals surface area contributed by atoms with Crippen LogP contribution in [0.25, 0.3) is 0 Å². The Hall–Kier alpha value is -1.29. The molecule has 0 aromatic carbocycles. The molecule has 0 fully saturated rings. The molecule has 0 rings (SSSR count). The summed E-state index contributed by atoms with van der Waals surface area (Å²) >= 11 is 5.97. The van der Waals surface area contributed by atoms with Gasteiger partial charge in [-0.1, -0.05) is 37.9 Å². The van der Waals surface area contributed by atoms with Crippen molar-refractivity contribution >= 4 is 24.3 Å². The first kappa shape index (κ1) is 20.7. The summed E-state index contributed by atoms with van der Waals surface area (Å²) in [6, 6.07) is 0. The molecule has 0 N–H and O–H groups in total. The number of hydrogen-bond acceptors (Lipinski definition) is 4. The van der Waals surface area contributed by atoms with E-state index in [0.717, 1.165) is 12.0 Å². The zero-order valence-corrected chi connectivity index (χ0v) is 15.3. The number of carbonyl (C=O) groups is 1. The molecule has 4 nitrogen and oxygen atoms in total. The molecule has 0 aliphatic carbocycles. The molecule has 1 unspecified atom stereocenters. The van der Waals surface area contributed by atoms with Crippen molar-refractivity contribution in [1.82, 2.24) is 0 Å². The molecule has 0 amide bonds. The molecular weight excluding hydrogens is 302 g/mol. The summed E-state index contributed by atoms with van der Waals surface area (Å²) in [4.78, 5) is 16.0. The summed E-state index contributed by atoms with van der Waals surface area (Å²) in [6.07, 6.45) is 3.18. The van der Waals surface area contributed by atoms with Crippen LogP contribution >= 0.6 is 11.6 Å². The van der Waals surface area contributed by atoms with Crippen molar-refractivity contribution in [3.8, 4) is 0 Å². The summed E-state index contributed by atoms with van der Waals surface area (Å²) in [6.45, 7) is 13.6. The fraction of sp³-hybridized carbons (Fsp3) is 0.647. The number of esters is 1. The molecule has 0 heterocycles. The molecule has 0 aromatic rings. The first-order chi connectivity index (χ1) is 10.3. The first-order valence-corrected chi connectivity index (χ1v) is 7.91. The Morgan fingerprint density at radius 1 is 1.41 bits per heavy atom. The van der Waals surface area contributed by atoms with Gasteiger partial charge in [0.25, 0.3) is 0 Å². The van der Waals surface area contributed by atoms with E-state index in [4.69, 9.17) is 21.1 Å². The average molecular weight is 330 g/mol. The highest BCUT2D eigenvalue weighted by Gasteiger charge is 2.38. The van der Waals surface area contributed by atoms with Gasteiger partial charge in [-0.25, -0.2) is 4.99 Å². The number of allylic oxidation sites excluding steroid dienone is 2. The number of ether oxygens (including phenoxy) is 2. The lowest BCUT2D eigenvalue weighted by atomic mass is 9.73. The van der Waals surface area contributed by atoms with Crippen LogP contribution in [0.4, 0.5) is 0 Å². The standard InChI is InChI=1S/C17H28ClNO3/c1-8-13(10-14(21-7)15(18)19-6)11-17(5,12(3)4)16(20)22-9-2/h10,12H,6,8-9,11H2,1-5,7H3/b13-10+,15-14+. The predicted molar refractivity (Wildman–Crippen MR) is 92.0 cm³/mol. The van der Waals surface area contributed by atoms with Crippen LogP contribution in [0.15, 0.2) is 27.6 Å². The second-order valence-electron chi connectivity index (χ2n) is 5.64. The lowest BCUT2D eigenvalue weighted by molar-refractivity contribution is -0.157. The van der Waals surface area contributed by atoms with Crippen molar-refractivity contribution in [2.75, 3.05) is 13.7 Å². The molecule has 1 atom stereocenters. The van der Waals surface area contributed by atoms with E-state index in [2.05, 4.69) is 11.7 Å². The van der Waals surface area contributed by atoms with Crippen molar-refractivity contribution in [1.29, 1.82) is 0 Å². The third kappa shape index (κ3) is 5.48. The fourth-order valence-electron chi connectivity index (χ4n) is 2.02. The summed E-state index contributed by atoms with van der Waals surface area (Å²) in [5, 5.41) is 0.204. The normalized spacial score (nSPS) is 15.9. The van der Waals surface area contributed by atoms with Gasteiger partial charge >= 0.3 is 5.97 Å². The van der Waals surface area contributed by atoms with Gasteiger partial charge in [0.1, 0.15) is 0 Å². The van der Waals surface area contributed by atoms with Crippen molar-refractivity contribution < 1.29 is 14.3 Å². The molecule has 0 spiro atoms. The average Bonchev–Trinajstić information content (AvgIpc) is 2.50. The van der Waals surface area contributed by atoms with E-state index in [-0.39, 0.29) is 17.0 Å². The van der Waals surface area contributed by atoms with Gasteiger partial charge < -0.3 is 9.47 Å². The maximum atomic E-state index is 12.4. The Bertz CT molecular complexity index is 455. The van der Waals surface area contributed by atoms with Crippen LogP contribution in [0.3, 0.4) is 0 Å². The maximum absolute atomic E-state index is 12.4. The van der Waals surface area contributed by atoms with E-state index in [1.54, 1.807) is 0 Å². The predicted octanol–water partition coefficient (Wildman–Crippen LogP) is 4.69. The van der Waals surface area contributed by atoms with Crippen LogP contribution in [0.5, 0.6) is 0 Å². The number of carbonyl (C=O) groups excluding carboxylic acids is 1. The van der Waals surface area contributed by atoms with Crippen molar-refractivity contribution in [2.24, 2.45) is 16.3 Å². The minimum atomic E-state index is -0.592. The Kier molecular flexibility index (Phi) is 9.10. The van der Waals surface area contributed by atoms with Crippen LogP contribution < -0.4 is 0 Å². The van der Waals surface area contributed by atoms with Gasteiger partial charge in [-0.05, 0) is 45.4 Å². The molecule has 0 aromatic heterocycles. The molecule has 0 radical (unpaired) electrons. The van der Waals surface area contributed by atoms with Gasteiger partial charge in [0.2, 0.25) is 0 Å².